The van der Waals surface area contributed by atoms with Crippen molar-refractivity contribution in [3.05, 3.63) is 28.9 Å². The molecule has 2 aromatic rings. The van der Waals surface area contributed by atoms with E-state index in [1.54, 1.807) is 27.8 Å². The summed E-state index contributed by atoms with van der Waals surface area (Å²) in [5.41, 5.74) is 1.00. The van der Waals surface area contributed by atoms with Crippen molar-refractivity contribution in [2.45, 2.75) is 51.2 Å². The third-order valence-electron chi connectivity index (χ3n) is 5.65. The van der Waals surface area contributed by atoms with Gasteiger partial charge in [0.1, 0.15) is 18.5 Å². The molecule has 7 heteroatoms. The maximum Gasteiger partial charge on any atom is 0.245 e. The molecule has 4 rings (SSSR count). The number of rotatable bonds is 4. The molecule has 1 aromatic carbocycles. The molecule has 26 heavy (non-hydrogen) atoms. The van der Waals surface area contributed by atoms with Gasteiger partial charge in [-0.3, -0.25) is 14.3 Å². The molecular formula is C19H20ClN3O3. The first-order chi connectivity index (χ1) is 12.5. The minimum absolute atomic E-state index is 0.0129. The van der Waals surface area contributed by atoms with E-state index in [0.717, 1.165) is 32.0 Å². The molecule has 1 amide bonds. The van der Waals surface area contributed by atoms with E-state index in [4.69, 9.17) is 11.6 Å². The van der Waals surface area contributed by atoms with Crippen LogP contribution in [0.25, 0.3) is 10.9 Å². The highest BCUT2D eigenvalue weighted by Crippen LogP contribution is 2.40. The van der Waals surface area contributed by atoms with Crippen LogP contribution in [0, 0.1) is 5.92 Å². The summed E-state index contributed by atoms with van der Waals surface area (Å²) in [5, 5.41) is 5.51. The number of carbonyl (C=O) groups excluding carboxylic acids is 3. The van der Waals surface area contributed by atoms with Crippen molar-refractivity contribution in [1.82, 2.24) is 14.7 Å². The number of fused-ring (bicyclic) bond motifs is 2. The van der Waals surface area contributed by atoms with Gasteiger partial charge in [-0.2, -0.15) is 5.10 Å². The predicted octanol–water partition coefficient (Wildman–Crippen LogP) is 2.86. The Labute approximate surface area is 156 Å². The number of aromatic nitrogens is 2. The van der Waals surface area contributed by atoms with Gasteiger partial charge in [0.05, 0.1) is 11.6 Å². The first-order valence-electron chi connectivity index (χ1n) is 8.93. The van der Waals surface area contributed by atoms with Crippen LogP contribution >= 0.6 is 11.6 Å². The predicted molar refractivity (Wildman–Crippen MR) is 97.2 cm³/mol. The maximum atomic E-state index is 13.0. The number of hydrogen-bond acceptors (Lipinski definition) is 4. The van der Waals surface area contributed by atoms with Crippen LogP contribution in [0.15, 0.2) is 18.2 Å². The first kappa shape index (κ1) is 17.2. The molecule has 1 aromatic heterocycles. The highest BCUT2D eigenvalue weighted by Gasteiger charge is 2.45. The van der Waals surface area contributed by atoms with Crippen LogP contribution in [0.3, 0.4) is 0 Å². The number of likely N-dealkylation sites (tertiary alicyclic amines) is 1. The van der Waals surface area contributed by atoms with Crippen molar-refractivity contribution in [3.63, 3.8) is 0 Å². The summed E-state index contributed by atoms with van der Waals surface area (Å²) < 4.78 is 1.55. The molecule has 6 nitrogen and oxygen atoms in total. The molecular weight excluding hydrogens is 354 g/mol. The molecule has 1 aliphatic carbocycles. The van der Waals surface area contributed by atoms with Crippen molar-refractivity contribution in [2.24, 2.45) is 5.92 Å². The van der Waals surface area contributed by atoms with Crippen LogP contribution in [0.2, 0.25) is 5.02 Å². The Morgan fingerprint density at radius 1 is 1.35 bits per heavy atom. The number of hydrogen-bond donors (Lipinski definition) is 0. The molecule has 0 radical (unpaired) electrons. The average Bonchev–Trinajstić information content (AvgIpc) is 3.26. The Hall–Kier alpha value is -2.21. The van der Waals surface area contributed by atoms with Gasteiger partial charge >= 0.3 is 0 Å². The number of nitrogens with zero attached hydrogens (tertiary/aromatic N) is 3. The number of halogens is 1. The van der Waals surface area contributed by atoms with Crippen LogP contribution in [0.5, 0.6) is 0 Å². The molecule has 1 saturated heterocycles. The Morgan fingerprint density at radius 2 is 2.15 bits per heavy atom. The fourth-order valence-corrected chi connectivity index (χ4v) is 4.73. The van der Waals surface area contributed by atoms with Gasteiger partial charge in [0.2, 0.25) is 5.91 Å². The van der Waals surface area contributed by atoms with Crippen molar-refractivity contribution in [3.8, 4) is 0 Å². The van der Waals surface area contributed by atoms with Crippen LogP contribution in [0.4, 0.5) is 0 Å². The molecule has 3 atom stereocenters. The Morgan fingerprint density at radius 3 is 2.88 bits per heavy atom. The van der Waals surface area contributed by atoms with Crippen molar-refractivity contribution in [1.29, 1.82) is 0 Å². The summed E-state index contributed by atoms with van der Waals surface area (Å²) in [7, 11) is 0. The second kappa shape index (κ2) is 6.50. The highest BCUT2D eigenvalue weighted by atomic mass is 35.5. The van der Waals surface area contributed by atoms with E-state index in [1.807, 2.05) is 0 Å². The van der Waals surface area contributed by atoms with Crippen LogP contribution in [-0.2, 0) is 16.1 Å². The summed E-state index contributed by atoms with van der Waals surface area (Å²) >= 11 is 6.05. The number of amides is 1. The lowest BCUT2D eigenvalue weighted by molar-refractivity contribution is -0.137. The zero-order chi connectivity index (χ0) is 18.4. The van der Waals surface area contributed by atoms with E-state index in [2.05, 4.69) is 5.10 Å². The fourth-order valence-electron chi connectivity index (χ4n) is 4.56. The van der Waals surface area contributed by atoms with Gasteiger partial charge in [0.15, 0.2) is 5.78 Å². The maximum absolute atomic E-state index is 13.0. The molecule has 3 unspecified atom stereocenters. The fraction of sp³-hybridized carbons (Fsp3) is 0.474. The molecule has 0 bridgehead atoms. The quantitative estimate of drug-likeness (QED) is 0.610. The summed E-state index contributed by atoms with van der Waals surface area (Å²) in [6.45, 7) is 1.46. The largest absolute Gasteiger partial charge is 0.328 e. The topological polar surface area (TPSA) is 72.3 Å². The van der Waals surface area contributed by atoms with Crippen LogP contribution in [0.1, 0.15) is 43.1 Å². The van der Waals surface area contributed by atoms with Crippen LogP contribution in [-0.4, -0.2) is 44.7 Å². The number of Topliss-reactive ketones (excluding diaryl/α,β-unsaturated/α-hetero) is 1. The minimum Gasteiger partial charge on any atom is -0.328 e. The first-order valence-corrected chi connectivity index (χ1v) is 9.31. The van der Waals surface area contributed by atoms with Crippen molar-refractivity contribution in [2.75, 3.05) is 0 Å². The van der Waals surface area contributed by atoms with Gasteiger partial charge in [-0.25, -0.2) is 0 Å². The monoisotopic (exact) mass is 373 g/mol. The van der Waals surface area contributed by atoms with Gasteiger partial charge in [-0.05, 0) is 43.4 Å². The molecule has 2 fully saturated rings. The lowest BCUT2D eigenvalue weighted by Gasteiger charge is -2.27. The number of carbonyl (C=O) groups is 3. The van der Waals surface area contributed by atoms with Crippen molar-refractivity contribution < 1.29 is 14.4 Å². The molecule has 1 aliphatic heterocycles. The standard InChI is InChI=1S/C19H20ClN3O3/c1-11(25)19-15-8-13(20)5-6-17(15)22(21-19)9-18(26)23-14(10-24)7-12-3-2-4-16(12)23/h5-6,8,10,12,14,16H,2-4,7,9H2,1H3. The van der Waals surface area contributed by atoms with Gasteiger partial charge in [-0.15, -0.1) is 0 Å². The van der Waals surface area contributed by atoms with Gasteiger partial charge < -0.3 is 9.69 Å². The molecule has 2 heterocycles. The molecule has 0 spiro atoms. The van der Waals surface area contributed by atoms with E-state index >= 15 is 0 Å². The van der Waals surface area contributed by atoms with E-state index in [0.29, 0.717) is 27.5 Å². The molecule has 2 aliphatic rings. The minimum atomic E-state index is -0.346. The Kier molecular flexibility index (Phi) is 4.31. The average molecular weight is 374 g/mol. The number of benzene rings is 1. The SMILES string of the molecule is CC(=O)c1nn(CC(=O)N2C(C=O)CC3CCCC32)c2ccc(Cl)cc12. The van der Waals surface area contributed by atoms with Gasteiger partial charge in [0, 0.05) is 23.4 Å². The summed E-state index contributed by atoms with van der Waals surface area (Å²) in [5.74, 6) is 0.132. The second-order valence-corrected chi connectivity index (χ2v) is 7.66. The summed E-state index contributed by atoms with van der Waals surface area (Å²) in [4.78, 5) is 38.1. The second-order valence-electron chi connectivity index (χ2n) is 7.22. The number of ketones is 1. The van der Waals surface area contributed by atoms with E-state index in [-0.39, 0.29) is 30.3 Å². The Balaban J connectivity index is 1.67. The lowest BCUT2D eigenvalue weighted by Crippen LogP contribution is -2.43. The smallest absolute Gasteiger partial charge is 0.245 e. The summed E-state index contributed by atoms with van der Waals surface area (Å²) in [6, 6.07) is 4.98. The molecule has 1 saturated carbocycles. The van der Waals surface area contributed by atoms with Crippen LogP contribution < -0.4 is 0 Å². The normalized spacial score (nSPS) is 24.8. The number of aldehydes is 1. The third kappa shape index (κ3) is 2.72. The van der Waals surface area contributed by atoms with Gasteiger partial charge in [0.25, 0.3) is 0 Å². The third-order valence-corrected chi connectivity index (χ3v) is 5.89. The van der Waals surface area contributed by atoms with Crippen molar-refractivity contribution >= 4 is 40.5 Å². The zero-order valence-corrected chi connectivity index (χ0v) is 15.3. The molecule has 0 N–H and O–H groups in total. The van der Waals surface area contributed by atoms with E-state index in [1.165, 1.54) is 6.92 Å². The van der Waals surface area contributed by atoms with Gasteiger partial charge in [-0.1, -0.05) is 18.0 Å². The van der Waals surface area contributed by atoms with E-state index in [9.17, 15) is 14.4 Å². The summed E-state index contributed by atoms with van der Waals surface area (Å²) in [6.07, 6.45) is 4.78. The molecule has 136 valence electrons. The zero-order valence-electron chi connectivity index (χ0n) is 14.5. The highest BCUT2D eigenvalue weighted by molar-refractivity contribution is 6.31. The Bertz CT molecular complexity index is 907. The lowest BCUT2D eigenvalue weighted by atomic mass is 10.0. The van der Waals surface area contributed by atoms with E-state index < -0.39 is 0 Å².